The van der Waals surface area contributed by atoms with Gasteiger partial charge >= 0.3 is 0 Å². The van der Waals surface area contributed by atoms with Gasteiger partial charge in [-0.3, -0.25) is 10.0 Å². The summed E-state index contributed by atoms with van der Waals surface area (Å²) in [7, 11) is -2.76. The molecular weight excluding hydrogens is 392 g/mol. The van der Waals surface area contributed by atoms with Crippen LogP contribution < -0.4 is 16.0 Å². The number of methoxy groups -OCH3 is 1. The van der Waals surface area contributed by atoms with Crippen LogP contribution in [0.5, 0.6) is 5.75 Å². The number of hydrogen-bond donors (Lipinski definition) is 3. The van der Waals surface area contributed by atoms with Crippen LogP contribution >= 0.6 is 0 Å². The van der Waals surface area contributed by atoms with E-state index in [4.69, 9.17) is 10.5 Å². The molecule has 2 aromatic rings. The Balaban J connectivity index is 2.68. The van der Waals surface area contributed by atoms with Crippen molar-refractivity contribution in [1.29, 1.82) is 0 Å². The molecule has 158 valence electrons. The Morgan fingerprint density at radius 2 is 1.72 bits per heavy atom. The first-order valence-corrected chi connectivity index (χ1v) is 10.8. The molecule has 2 unspecified atom stereocenters. The van der Waals surface area contributed by atoms with Crippen LogP contribution in [0.4, 0.5) is 0 Å². The SMILES string of the molecule is COc1ccc(S(=O)(=O)C(Cc2ccccc2)(CC(N)C(C)C)C(=O)NO)cc1. The zero-order chi connectivity index (χ0) is 21.7. The Kier molecular flexibility index (Phi) is 7.40. The average molecular weight is 421 g/mol. The van der Waals surface area contributed by atoms with Crippen LogP contribution in [0.15, 0.2) is 59.5 Å². The maximum absolute atomic E-state index is 13.7. The molecule has 0 saturated carbocycles. The number of rotatable bonds is 9. The Morgan fingerprint density at radius 3 is 2.21 bits per heavy atom. The number of carbonyl (C=O) groups excluding carboxylic acids is 1. The monoisotopic (exact) mass is 420 g/mol. The maximum Gasteiger partial charge on any atom is 0.265 e. The van der Waals surface area contributed by atoms with E-state index in [1.165, 1.54) is 31.4 Å². The highest BCUT2D eigenvalue weighted by Gasteiger charge is 2.52. The molecule has 0 aliphatic heterocycles. The molecule has 0 saturated heterocycles. The summed E-state index contributed by atoms with van der Waals surface area (Å²) in [4.78, 5) is 12.9. The third-order valence-corrected chi connectivity index (χ3v) is 7.57. The number of hydrogen-bond acceptors (Lipinski definition) is 6. The van der Waals surface area contributed by atoms with Gasteiger partial charge < -0.3 is 10.5 Å². The van der Waals surface area contributed by atoms with Gasteiger partial charge in [-0.1, -0.05) is 44.2 Å². The second kappa shape index (κ2) is 9.39. The standard InChI is InChI=1S/C21H28N2O5S/c1-15(2)19(22)14-21(20(24)23-25,13-16-7-5-4-6-8-16)29(26,27)18-11-9-17(28-3)10-12-18/h4-12,15,19,25H,13-14,22H2,1-3H3,(H,23,24). The van der Waals surface area contributed by atoms with Gasteiger partial charge in [-0.05, 0) is 42.2 Å². The number of hydroxylamine groups is 1. The van der Waals surface area contributed by atoms with Gasteiger partial charge in [0.15, 0.2) is 14.6 Å². The molecule has 0 bridgehead atoms. The van der Waals surface area contributed by atoms with Gasteiger partial charge in [0.05, 0.1) is 12.0 Å². The summed E-state index contributed by atoms with van der Waals surface area (Å²) in [6.07, 6.45) is -0.282. The van der Waals surface area contributed by atoms with Gasteiger partial charge in [0.2, 0.25) is 0 Å². The third kappa shape index (κ3) is 4.77. The van der Waals surface area contributed by atoms with Gasteiger partial charge in [0.25, 0.3) is 5.91 Å². The summed E-state index contributed by atoms with van der Waals surface area (Å²) in [5.74, 6) is -0.584. The quantitative estimate of drug-likeness (QED) is 0.423. The van der Waals surface area contributed by atoms with E-state index >= 15 is 0 Å². The molecule has 2 atom stereocenters. The lowest BCUT2D eigenvalue weighted by Crippen LogP contribution is -2.56. The molecule has 0 aliphatic rings. The number of benzene rings is 2. The molecule has 8 heteroatoms. The lowest BCUT2D eigenvalue weighted by molar-refractivity contribution is -0.132. The van der Waals surface area contributed by atoms with Crippen LogP contribution in [-0.2, 0) is 21.1 Å². The van der Waals surface area contributed by atoms with Crippen molar-refractivity contribution in [2.45, 2.75) is 42.4 Å². The van der Waals surface area contributed by atoms with Crippen LogP contribution in [0.25, 0.3) is 0 Å². The van der Waals surface area contributed by atoms with Gasteiger partial charge in [0, 0.05) is 12.5 Å². The van der Waals surface area contributed by atoms with E-state index in [9.17, 15) is 18.4 Å². The Labute approximate surface area is 171 Å². The van der Waals surface area contributed by atoms with Crippen molar-refractivity contribution >= 4 is 15.7 Å². The van der Waals surface area contributed by atoms with Crippen LogP contribution in [0.3, 0.4) is 0 Å². The zero-order valence-corrected chi connectivity index (χ0v) is 17.6. The fourth-order valence-electron chi connectivity index (χ4n) is 3.20. The Bertz CT molecular complexity index is 914. The molecule has 0 radical (unpaired) electrons. The van der Waals surface area contributed by atoms with Crippen LogP contribution in [0.2, 0.25) is 0 Å². The third-order valence-electron chi connectivity index (χ3n) is 5.15. The highest BCUT2D eigenvalue weighted by Crippen LogP contribution is 2.35. The van der Waals surface area contributed by atoms with E-state index in [2.05, 4.69) is 0 Å². The van der Waals surface area contributed by atoms with Crippen molar-refractivity contribution in [1.82, 2.24) is 5.48 Å². The van der Waals surface area contributed by atoms with Crippen molar-refractivity contribution in [3.63, 3.8) is 0 Å². The topological polar surface area (TPSA) is 119 Å². The first kappa shape index (κ1) is 22.9. The van der Waals surface area contributed by atoms with Crippen molar-refractivity contribution < 1.29 is 23.2 Å². The Hall–Kier alpha value is -2.42. The van der Waals surface area contributed by atoms with Crippen molar-refractivity contribution in [2.24, 2.45) is 11.7 Å². The van der Waals surface area contributed by atoms with Crippen molar-refractivity contribution in [2.75, 3.05) is 7.11 Å². The van der Waals surface area contributed by atoms with Gasteiger partial charge in [0.1, 0.15) is 5.75 Å². The van der Waals surface area contributed by atoms with E-state index in [0.29, 0.717) is 11.3 Å². The zero-order valence-electron chi connectivity index (χ0n) is 16.8. The first-order chi connectivity index (χ1) is 13.7. The van der Waals surface area contributed by atoms with E-state index in [-0.39, 0.29) is 23.7 Å². The second-order valence-electron chi connectivity index (χ2n) is 7.39. The predicted octanol–water partition coefficient (Wildman–Crippen LogP) is 2.33. The molecule has 0 spiro atoms. The molecule has 2 aromatic carbocycles. The maximum atomic E-state index is 13.7. The minimum Gasteiger partial charge on any atom is -0.497 e. The van der Waals surface area contributed by atoms with E-state index in [1.807, 2.05) is 13.8 Å². The number of carbonyl (C=O) groups is 1. The minimum atomic E-state index is -4.23. The Morgan fingerprint density at radius 1 is 1.14 bits per heavy atom. The largest absolute Gasteiger partial charge is 0.497 e. The summed E-state index contributed by atoms with van der Waals surface area (Å²) in [6, 6.07) is 14.0. The summed E-state index contributed by atoms with van der Waals surface area (Å²) in [5, 5.41) is 9.47. The molecule has 0 aromatic heterocycles. The second-order valence-corrected chi connectivity index (χ2v) is 9.65. The molecule has 2 rings (SSSR count). The fraction of sp³-hybridized carbons (Fsp3) is 0.381. The van der Waals surface area contributed by atoms with Gasteiger partial charge in [-0.25, -0.2) is 13.9 Å². The summed E-state index contributed by atoms with van der Waals surface area (Å²) in [5.41, 5.74) is 8.44. The first-order valence-electron chi connectivity index (χ1n) is 9.30. The molecule has 1 amide bonds. The number of amides is 1. The predicted molar refractivity (Wildman–Crippen MR) is 110 cm³/mol. The highest BCUT2D eigenvalue weighted by atomic mass is 32.2. The molecule has 7 nitrogen and oxygen atoms in total. The number of ether oxygens (including phenoxy) is 1. The summed E-state index contributed by atoms with van der Waals surface area (Å²) in [6.45, 7) is 3.71. The van der Waals surface area contributed by atoms with Crippen molar-refractivity contribution in [3.8, 4) is 5.75 Å². The molecule has 4 N–H and O–H groups in total. The highest BCUT2D eigenvalue weighted by molar-refractivity contribution is 7.93. The van der Waals surface area contributed by atoms with E-state index in [0.717, 1.165) is 0 Å². The van der Waals surface area contributed by atoms with E-state index < -0.39 is 26.5 Å². The molecule has 29 heavy (non-hydrogen) atoms. The molecule has 0 fully saturated rings. The lowest BCUT2D eigenvalue weighted by Gasteiger charge is -2.34. The molecule has 0 aliphatic carbocycles. The average Bonchev–Trinajstić information content (AvgIpc) is 2.73. The smallest absolute Gasteiger partial charge is 0.265 e. The lowest BCUT2D eigenvalue weighted by atomic mass is 9.87. The van der Waals surface area contributed by atoms with Crippen molar-refractivity contribution in [3.05, 3.63) is 60.2 Å². The fourth-order valence-corrected chi connectivity index (χ4v) is 5.20. The number of nitrogens with two attached hydrogens (primary N) is 1. The van der Waals surface area contributed by atoms with Crippen LogP contribution in [-0.4, -0.2) is 37.4 Å². The van der Waals surface area contributed by atoms with Crippen LogP contribution in [0.1, 0.15) is 25.8 Å². The number of sulfone groups is 1. The van der Waals surface area contributed by atoms with E-state index in [1.54, 1.807) is 35.8 Å². The minimum absolute atomic E-state index is 0.0474. The molecular formula is C21H28N2O5S. The van der Waals surface area contributed by atoms with Gasteiger partial charge in [-0.15, -0.1) is 0 Å². The van der Waals surface area contributed by atoms with Crippen LogP contribution in [0, 0.1) is 5.92 Å². The summed E-state index contributed by atoms with van der Waals surface area (Å²) >= 11 is 0. The number of nitrogens with one attached hydrogen (secondary N) is 1. The normalized spacial score (nSPS) is 14.8. The summed E-state index contributed by atoms with van der Waals surface area (Å²) < 4.78 is 30.6. The van der Waals surface area contributed by atoms with Gasteiger partial charge in [-0.2, -0.15) is 0 Å². The molecule has 0 heterocycles.